The second kappa shape index (κ2) is 10.9. The van der Waals surface area contributed by atoms with Crippen LogP contribution in [0.2, 0.25) is 10.0 Å². The second-order valence-electron chi connectivity index (χ2n) is 12.2. The van der Waals surface area contributed by atoms with E-state index < -0.39 is 17.8 Å². The van der Waals surface area contributed by atoms with E-state index in [-0.39, 0.29) is 17.3 Å². The Kier molecular flexibility index (Phi) is 7.57. The van der Waals surface area contributed by atoms with Gasteiger partial charge in [-0.1, -0.05) is 29.3 Å². The topological polar surface area (TPSA) is 81.8 Å². The maximum Gasteiger partial charge on any atom is 0.309 e. The zero-order valence-electron chi connectivity index (χ0n) is 23.0. The Morgan fingerprint density at radius 2 is 1.88 bits per heavy atom. The van der Waals surface area contributed by atoms with Crippen molar-refractivity contribution in [3.8, 4) is 0 Å². The van der Waals surface area contributed by atoms with E-state index in [1.807, 2.05) is 13.8 Å². The van der Waals surface area contributed by atoms with E-state index >= 15 is 0 Å². The summed E-state index contributed by atoms with van der Waals surface area (Å²) in [6.07, 6.45) is 1.01. The number of alkyl halides is 2. The van der Waals surface area contributed by atoms with E-state index in [2.05, 4.69) is 20.1 Å². The van der Waals surface area contributed by atoms with Crippen LogP contribution >= 0.6 is 23.2 Å². The summed E-state index contributed by atoms with van der Waals surface area (Å²) in [6.45, 7) is 7.30. The highest BCUT2D eigenvalue weighted by atomic mass is 35.5. The number of nitrogens with zero attached hydrogens (tertiary/aromatic N) is 3. The molecule has 0 amide bonds. The predicted molar refractivity (Wildman–Crippen MR) is 156 cm³/mol. The largest absolute Gasteiger partial charge is 0.481 e. The number of carboxylic acid groups (broad SMARTS) is 1. The number of carboxylic acids is 1. The molecule has 3 aromatic rings. The molecule has 0 bridgehead atoms. The second-order valence-corrected chi connectivity index (χ2v) is 13.0. The first-order valence-electron chi connectivity index (χ1n) is 14.2. The van der Waals surface area contributed by atoms with Gasteiger partial charge >= 0.3 is 5.97 Å². The molecule has 2 saturated heterocycles. The Hall–Kier alpha value is -2.62. The number of fused-ring (bicyclic) bond motifs is 1. The van der Waals surface area contributed by atoms with Crippen LogP contribution in [0.4, 0.5) is 20.5 Å². The summed E-state index contributed by atoms with van der Waals surface area (Å²) in [5.41, 5.74) is 1.01. The number of anilines is 2. The lowest BCUT2D eigenvalue weighted by Crippen LogP contribution is -2.58. The van der Waals surface area contributed by atoms with Gasteiger partial charge in [-0.2, -0.15) is 4.98 Å². The number of hydrogen-bond donors (Lipinski definition) is 2. The third kappa shape index (κ3) is 5.37. The highest BCUT2D eigenvalue weighted by Gasteiger charge is 2.49. The first-order chi connectivity index (χ1) is 19.5. The van der Waals surface area contributed by atoms with Crippen molar-refractivity contribution in [2.24, 2.45) is 17.3 Å². The lowest BCUT2D eigenvalue weighted by atomic mass is 9.65. The number of aliphatic carboxylic acids is 1. The number of nitrogens with one attached hydrogen (secondary N) is 1. The van der Waals surface area contributed by atoms with E-state index in [4.69, 9.17) is 27.6 Å². The average Bonchev–Trinajstić information content (AvgIpc) is 3.30. The number of aromatic nitrogens is 1. The Morgan fingerprint density at radius 3 is 2.56 bits per heavy atom. The van der Waals surface area contributed by atoms with Crippen molar-refractivity contribution < 1.29 is 23.1 Å². The summed E-state index contributed by atoms with van der Waals surface area (Å²) >= 11 is 12.4. The molecule has 3 fully saturated rings. The Bertz CT molecular complexity index is 1460. The SMILES string of the molecule is C[C@@H](Nc1c(C(F)F)ccc2nc(N3CC([C@H]4CCCN(C5CC(C)(C(=O)O)C5)C4)C3)oc12)c1ccc(Cl)cc1Cl. The molecule has 3 aliphatic rings. The first kappa shape index (κ1) is 28.5. The number of carbonyl (C=O) groups is 1. The summed E-state index contributed by atoms with van der Waals surface area (Å²) in [5, 5.41) is 13.6. The van der Waals surface area contributed by atoms with Crippen LogP contribution in [0, 0.1) is 17.3 Å². The van der Waals surface area contributed by atoms with Crippen molar-refractivity contribution in [3.05, 3.63) is 51.5 Å². The van der Waals surface area contributed by atoms with Gasteiger partial charge in [-0.05, 0) is 87.7 Å². The molecule has 1 aliphatic carbocycles. The molecule has 220 valence electrons. The quantitative estimate of drug-likeness (QED) is 0.272. The molecule has 2 aliphatic heterocycles. The zero-order chi connectivity index (χ0) is 29.1. The van der Waals surface area contributed by atoms with Gasteiger partial charge in [-0.25, -0.2) is 8.78 Å². The third-order valence-corrected chi connectivity index (χ3v) is 9.91. The molecule has 3 heterocycles. The van der Waals surface area contributed by atoms with Crippen molar-refractivity contribution in [2.75, 3.05) is 36.4 Å². The van der Waals surface area contributed by atoms with Crippen LogP contribution in [0.1, 0.15) is 63.1 Å². The standard InChI is InChI=1S/C30H34Cl2F2N4O3/c1-16(21-6-5-19(31)10-23(21)32)35-25-22(27(33)34)7-8-24-26(25)41-29(36-24)38-14-18(15-38)17-4-3-9-37(13-17)20-11-30(2,12-20)28(39)40/h5-8,10,16-18,20,27,35H,3-4,9,11-15H2,1-2H3,(H,39,40)/t16-,17+,20?,30?/m1/s1. The van der Waals surface area contributed by atoms with Gasteiger partial charge in [0.05, 0.1) is 17.1 Å². The van der Waals surface area contributed by atoms with Crippen LogP contribution in [0.3, 0.4) is 0 Å². The highest BCUT2D eigenvalue weighted by Crippen LogP contribution is 2.46. The Labute approximate surface area is 247 Å². The Morgan fingerprint density at radius 1 is 1.15 bits per heavy atom. The fraction of sp³-hybridized carbons (Fsp3) is 0.533. The number of likely N-dealkylation sites (tertiary alicyclic amines) is 1. The summed E-state index contributed by atoms with van der Waals surface area (Å²) in [4.78, 5) is 20.7. The van der Waals surface area contributed by atoms with Gasteiger partial charge in [0, 0.05) is 41.3 Å². The molecular formula is C30H34Cl2F2N4O3. The van der Waals surface area contributed by atoms with Crippen molar-refractivity contribution in [2.45, 2.75) is 58.0 Å². The lowest BCUT2D eigenvalue weighted by molar-refractivity contribution is -0.158. The monoisotopic (exact) mass is 606 g/mol. The van der Waals surface area contributed by atoms with Crippen LogP contribution in [-0.4, -0.2) is 53.2 Å². The lowest BCUT2D eigenvalue weighted by Gasteiger charge is -2.52. The average molecular weight is 608 g/mol. The minimum Gasteiger partial charge on any atom is -0.481 e. The van der Waals surface area contributed by atoms with Gasteiger partial charge in [0.1, 0.15) is 5.52 Å². The molecular weight excluding hydrogens is 573 g/mol. The first-order valence-corrected chi connectivity index (χ1v) is 14.9. The molecule has 1 aromatic heterocycles. The van der Waals surface area contributed by atoms with E-state index in [0.29, 0.717) is 57.9 Å². The zero-order valence-corrected chi connectivity index (χ0v) is 24.6. The molecule has 1 saturated carbocycles. The van der Waals surface area contributed by atoms with Crippen LogP contribution in [0.25, 0.3) is 11.1 Å². The van der Waals surface area contributed by atoms with E-state index in [1.165, 1.54) is 6.07 Å². The van der Waals surface area contributed by atoms with Gasteiger partial charge in [0.15, 0.2) is 5.58 Å². The van der Waals surface area contributed by atoms with Crippen molar-refractivity contribution in [1.29, 1.82) is 0 Å². The van der Waals surface area contributed by atoms with Crippen molar-refractivity contribution >= 4 is 52.0 Å². The maximum atomic E-state index is 14.1. The number of piperidine rings is 1. The number of oxazole rings is 1. The number of rotatable bonds is 8. The summed E-state index contributed by atoms with van der Waals surface area (Å²) in [5.74, 6) is 0.325. The van der Waals surface area contributed by atoms with Crippen molar-refractivity contribution in [1.82, 2.24) is 9.88 Å². The van der Waals surface area contributed by atoms with Gasteiger partial charge in [-0.3, -0.25) is 4.79 Å². The van der Waals surface area contributed by atoms with E-state index in [1.54, 1.807) is 24.3 Å². The maximum absolute atomic E-state index is 14.1. The summed E-state index contributed by atoms with van der Waals surface area (Å²) in [6, 6.07) is 8.49. The van der Waals surface area contributed by atoms with E-state index in [0.717, 1.165) is 44.6 Å². The number of benzene rings is 2. The fourth-order valence-electron chi connectivity index (χ4n) is 6.75. The minimum atomic E-state index is -2.70. The molecule has 6 rings (SSSR count). The third-order valence-electron chi connectivity index (χ3n) is 9.34. The molecule has 11 heteroatoms. The van der Waals surface area contributed by atoms with Gasteiger partial charge < -0.3 is 24.6 Å². The number of halogens is 4. The Balaban J connectivity index is 1.15. The fourth-order valence-corrected chi connectivity index (χ4v) is 7.32. The highest BCUT2D eigenvalue weighted by molar-refractivity contribution is 6.35. The molecule has 7 nitrogen and oxygen atoms in total. The minimum absolute atomic E-state index is 0.157. The molecule has 2 atom stereocenters. The summed E-state index contributed by atoms with van der Waals surface area (Å²) < 4.78 is 34.2. The van der Waals surface area contributed by atoms with Crippen LogP contribution in [0.5, 0.6) is 0 Å². The van der Waals surface area contributed by atoms with Crippen molar-refractivity contribution in [3.63, 3.8) is 0 Å². The molecule has 0 unspecified atom stereocenters. The van der Waals surface area contributed by atoms with Crippen LogP contribution < -0.4 is 10.2 Å². The predicted octanol–water partition coefficient (Wildman–Crippen LogP) is 7.65. The number of hydrogen-bond acceptors (Lipinski definition) is 6. The van der Waals surface area contributed by atoms with Gasteiger partial charge in [0.25, 0.3) is 12.4 Å². The normalized spacial score (nSPS) is 26.2. The van der Waals surface area contributed by atoms with Crippen LogP contribution in [-0.2, 0) is 4.79 Å². The summed E-state index contributed by atoms with van der Waals surface area (Å²) in [7, 11) is 0. The molecule has 0 radical (unpaired) electrons. The van der Waals surface area contributed by atoms with Crippen LogP contribution in [0.15, 0.2) is 34.7 Å². The smallest absolute Gasteiger partial charge is 0.309 e. The van der Waals surface area contributed by atoms with Gasteiger partial charge in [0.2, 0.25) is 0 Å². The molecule has 41 heavy (non-hydrogen) atoms. The molecule has 0 spiro atoms. The molecule has 2 N–H and O–H groups in total. The van der Waals surface area contributed by atoms with Gasteiger partial charge in [-0.15, -0.1) is 0 Å². The molecule has 2 aromatic carbocycles. The van der Waals surface area contributed by atoms with E-state index in [9.17, 15) is 18.7 Å².